The first kappa shape index (κ1) is 24.1. The molecular formula is C26H21ClFNO6. The lowest BCUT2D eigenvalue weighted by molar-refractivity contribution is -0.132. The van der Waals surface area contributed by atoms with Crippen LogP contribution in [0.1, 0.15) is 17.2 Å². The molecule has 1 aliphatic heterocycles. The van der Waals surface area contributed by atoms with Gasteiger partial charge in [-0.3, -0.25) is 14.5 Å². The molecule has 3 aromatic rings. The van der Waals surface area contributed by atoms with Gasteiger partial charge in [0.15, 0.2) is 11.5 Å². The SMILES string of the molecule is COc1ccc(/C(O)=C2\C(=O)C(=O)N(c3ccc(F)c(Cl)c3)C2c2ccccc2OC)cc1OC. The van der Waals surface area contributed by atoms with E-state index in [0.717, 1.165) is 11.0 Å². The highest BCUT2D eigenvalue weighted by Crippen LogP contribution is 2.45. The zero-order chi connectivity index (χ0) is 25.3. The second-order valence-corrected chi connectivity index (χ2v) is 7.99. The van der Waals surface area contributed by atoms with E-state index in [0.29, 0.717) is 22.8 Å². The monoisotopic (exact) mass is 497 g/mol. The highest BCUT2D eigenvalue weighted by Gasteiger charge is 2.48. The van der Waals surface area contributed by atoms with Crippen molar-refractivity contribution < 1.29 is 33.3 Å². The Balaban J connectivity index is 1.99. The zero-order valence-electron chi connectivity index (χ0n) is 19.0. The summed E-state index contributed by atoms with van der Waals surface area (Å²) in [6.45, 7) is 0. The number of hydrogen-bond acceptors (Lipinski definition) is 6. The molecule has 0 radical (unpaired) electrons. The molecule has 1 saturated heterocycles. The van der Waals surface area contributed by atoms with Crippen LogP contribution >= 0.6 is 11.6 Å². The van der Waals surface area contributed by atoms with E-state index in [9.17, 15) is 19.1 Å². The molecule has 3 aromatic carbocycles. The third kappa shape index (κ3) is 4.17. The Hall–Kier alpha value is -4.04. The Bertz CT molecular complexity index is 1360. The average molecular weight is 498 g/mol. The first-order valence-electron chi connectivity index (χ1n) is 10.4. The van der Waals surface area contributed by atoms with Crippen LogP contribution in [0.5, 0.6) is 17.2 Å². The van der Waals surface area contributed by atoms with Crippen molar-refractivity contribution in [3.05, 3.63) is 88.2 Å². The van der Waals surface area contributed by atoms with Gasteiger partial charge in [-0.1, -0.05) is 29.8 Å². The van der Waals surface area contributed by atoms with E-state index < -0.39 is 29.3 Å². The minimum atomic E-state index is -1.08. The third-order valence-electron chi connectivity index (χ3n) is 5.72. The number of ketones is 1. The van der Waals surface area contributed by atoms with Crippen LogP contribution in [0, 0.1) is 5.82 Å². The second-order valence-electron chi connectivity index (χ2n) is 7.58. The Kier molecular flexibility index (Phi) is 6.66. The number of ether oxygens (including phenoxy) is 3. The molecule has 35 heavy (non-hydrogen) atoms. The van der Waals surface area contributed by atoms with Crippen molar-refractivity contribution in [2.45, 2.75) is 6.04 Å². The standard InChI is InChI=1S/C26H21ClFNO6/c1-33-19-7-5-4-6-16(19)23-22(24(30)14-8-11-20(34-2)21(12-14)35-3)25(31)26(32)29(23)15-9-10-18(28)17(27)13-15/h4-13,23,30H,1-3H3/b24-22+. The van der Waals surface area contributed by atoms with Crippen molar-refractivity contribution >= 4 is 34.7 Å². The molecule has 4 rings (SSSR count). The largest absolute Gasteiger partial charge is 0.507 e. The Morgan fingerprint density at radius 2 is 1.60 bits per heavy atom. The minimum absolute atomic E-state index is 0.174. The molecule has 1 fully saturated rings. The van der Waals surface area contributed by atoms with E-state index in [2.05, 4.69) is 0 Å². The molecule has 0 bridgehead atoms. The molecule has 1 heterocycles. The highest BCUT2D eigenvalue weighted by atomic mass is 35.5. The van der Waals surface area contributed by atoms with Crippen molar-refractivity contribution in [3.63, 3.8) is 0 Å². The number of methoxy groups -OCH3 is 3. The number of halogens is 2. The van der Waals surface area contributed by atoms with E-state index in [1.165, 1.54) is 45.6 Å². The van der Waals surface area contributed by atoms with E-state index >= 15 is 0 Å². The molecule has 1 amide bonds. The van der Waals surface area contributed by atoms with Crippen LogP contribution in [0.15, 0.2) is 66.2 Å². The minimum Gasteiger partial charge on any atom is -0.507 e. The Morgan fingerprint density at radius 1 is 0.914 bits per heavy atom. The lowest BCUT2D eigenvalue weighted by Gasteiger charge is -2.26. The van der Waals surface area contributed by atoms with Crippen LogP contribution in [-0.4, -0.2) is 38.1 Å². The van der Waals surface area contributed by atoms with Gasteiger partial charge in [-0.15, -0.1) is 0 Å². The molecule has 1 unspecified atom stereocenters. The van der Waals surface area contributed by atoms with Gasteiger partial charge in [-0.05, 0) is 42.5 Å². The maximum Gasteiger partial charge on any atom is 0.300 e. The Morgan fingerprint density at radius 3 is 2.26 bits per heavy atom. The van der Waals surface area contributed by atoms with E-state index in [-0.39, 0.29) is 21.8 Å². The van der Waals surface area contributed by atoms with Gasteiger partial charge in [0.1, 0.15) is 17.3 Å². The first-order chi connectivity index (χ1) is 16.8. The van der Waals surface area contributed by atoms with E-state index in [1.807, 2.05) is 0 Å². The fraction of sp³-hybridized carbons (Fsp3) is 0.154. The Labute approximate surface area is 205 Å². The highest BCUT2D eigenvalue weighted by molar-refractivity contribution is 6.52. The van der Waals surface area contributed by atoms with Crippen LogP contribution in [0.4, 0.5) is 10.1 Å². The number of benzene rings is 3. The summed E-state index contributed by atoms with van der Waals surface area (Å²) in [6, 6.07) is 14.0. The zero-order valence-corrected chi connectivity index (χ0v) is 19.8. The van der Waals surface area contributed by atoms with E-state index in [1.54, 1.807) is 30.3 Å². The normalized spacial score (nSPS) is 16.9. The predicted molar refractivity (Wildman–Crippen MR) is 129 cm³/mol. The molecule has 0 spiro atoms. The van der Waals surface area contributed by atoms with Crippen molar-refractivity contribution in [2.24, 2.45) is 0 Å². The average Bonchev–Trinajstić information content (AvgIpc) is 3.14. The fourth-order valence-corrected chi connectivity index (χ4v) is 4.23. The van der Waals surface area contributed by atoms with Crippen molar-refractivity contribution in [1.29, 1.82) is 0 Å². The van der Waals surface area contributed by atoms with E-state index in [4.69, 9.17) is 25.8 Å². The van der Waals surface area contributed by atoms with Gasteiger partial charge in [0.25, 0.3) is 11.7 Å². The summed E-state index contributed by atoms with van der Waals surface area (Å²) >= 11 is 5.98. The molecule has 1 N–H and O–H groups in total. The van der Waals surface area contributed by atoms with Gasteiger partial charge >= 0.3 is 0 Å². The van der Waals surface area contributed by atoms with Gasteiger partial charge in [-0.2, -0.15) is 0 Å². The van der Waals surface area contributed by atoms with Crippen LogP contribution in [0.25, 0.3) is 5.76 Å². The van der Waals surface area contributed by atoms with Crippen LogP contribution < -0.4 is 19.1 Å². The predicted octanol–water partition coefficient (Wildman–Crippen LogP) is 5.13. The number of anilines is 1. The summed E-state index contributed by atoms with van der Waals surface area (Å²) in [5.74, 6) is -1.80. The molecule has 180 valence electrons. The van der Waals surface area contributed by atoms with Gasteiger partial charge in [0.2, 0.25) is 0 Å². The number of carbonyl (C=O) groups is 2. The lowest BCUT2D eigenvalue weighted by Crippen LogP contribution is -2.29. The van der Waals surface area contributed by atoms with Crippen LogP contribution in [0.3, 0.4) is 0 Å². The molecule has 0 aliphatic carbocycles. The number of Topliss-reactive ketones (excluding diaryl/α,β-unsaturated/α-hetero) is 1. The number of amides is 1. The molecule has 9 heteroatoms. The smallest absolute Gasteiger partial charge is 0.300 e. The summed E-state index contributed by atoms with van der Waals surface area (Å²) in [6.07, 6.45) is 0. The summed E-state index contributed by atoms with van der Waals surface area (Å²) in [5.41, 5.74) is 0.683. The van der Waals surface area contributed by atoms with Gasteiger partial charge in [0.05, 0.1) is 38.0 Å². The lowest BCUT2D eigenvalue weighted by atomic mass is 9.94. The van der Waals surface area contributed by atoms with Crippen LogP contribution in [-0.2, 0) is 9.59 Å². The number of rotatable bonds is 6. The summed E-state index contributed by atoms with van der Waals surface area (Å²) in [7, 11) is 4.36. The topological polar surface area (TPSA) is 85.3 Å². The van der Waals surface area contributed by atoms with Crippen molar-refractivity contribution in [1.82, 2.24) is 0 Å². The first-order valence-corrected chi connectivity index (χ1v) is 10.8. The number of carbonyl (C=O) groups excluding carboxylic acids is 2. The number of nitrogens with zero attached hydrogens (tertiary/aromatic N) is 1. The number of hydrogen-bond donors (Lipinski definition) is 1. The third-order valence-corrected chi connectivity index (χ3v) is 6.01. The van der Waals surface area contributed by atoms with Crippen LogP contribution in [0.2, 0.25) is 5.02 Å². The maximum atomic E-state index is 13.9. The van der Waals surface area contributed by atoms with Crippen molar-refractivity contribution in [2.75, 3.05) is 26.2 Å². The van der Waals surface area contributed by atoms with Gasteiger partial charge < -0.3 is 19.3 Å². The number of para-hydroxylation sites is 1. The number of aliphatic hydroxyl groups is 1. The number of aliphatic hydroxyl groups excluding tert-OH is 1. The molecule has 1 atom stereocenters. The quantitative estimate of drug-likeness (QED) is 0.289. The van der Waals surface area contributed by atoms with Gasteiger partial charge in [0, 0.05) is 16.8 Å². The molecule has 1 aliphatic rings. The second kappa shape index (κ2) is 9.68. The molecule has 0 saturated carbocycles. The maximum absolute atomic E-state index is 13.9. The summed E-state index contributed by atoms with van der Waals surface area (Å²) in [5, 5.41) is 11.1. The summed E-state index contributed by atoms with van der Waals surface area (Å²) < 4.78 is 29.9. The van der Waals surface area contributed by atoms with Crippen molar-refractivity contribution in [3.8, 4) is 17.2 Å². The summed E-state index contributed by atoms with van der Waals surface area (Å²) in [4.78, 5) is 27.7. The van der Waals surface area contributed by atoms with Gasteiger partial charge in [-0.25, -0.2) is 4.39 Å². The molecule has 7 nitrogen and oxygen atoms in total. The molecule has 0 aromatic heterocycles. The fourth-order valence-electron chi connectivity index (χ4n) is 4.06. The molecular weight excluding hydrogens is 477 g/mol.